The van der Waals surface area contributed by atoms with Crippen molar-refractivity contribution in [3.8, 4) is 0 Å². The molecule has 0 saturated carbocycles. The molecule has 0 aliphatic carbocycles. The van der Waals surface area contributed by atoms with E-state index in [9.17, 15) is 0 Å². The molecule has 1 aromatic rings. The van der Waals surface area contributed by atoms with Crippen LogP contribution in [0.15, 0.2) is 6.20 Å². The first-order valence-electron chi connectivity index (χ1n) is 4.96. The second-order valence-electron chi connectivity index (χ2n) is 3.41. The van der Waals surface area contributed by atoms with Crippen LogP contribution < -0.4 is 5.32 Å². The van der Waals surface area contributed by atoms with Gasteiger partial charge in [0.25, 0.3) is 0 Å². The van der Waals surface area contributed by atoms with Crippen LogP contribution in [0.25, 0.3) is 0 Å². The van der Waals surface area contributed by atoms with Crippen LogP contribution in [0.1, 0.15) is 17.1 Å². The molecule has 0 fully saturated rings. The van der Waals surface area contributed by atoms with Gasteiger partial charge in [-0.3, -0.25) is 0 Å². The average molecular weight is 193 g/mol. The second kappa shape index (κ2) is 4.48. The fourth-order valence-corrected chi connectivity index (χ4v) is 1.53. The first-order chi connectivity index (χ1) is 6.90. The normalized spacial score (nSPS) is 15.2. The van der Waals surface area contributed by atoms with Crippen LogP contribution in [0, 0.1) is 0 Å². The molecule has 0 aromatic carbocycles. The minimum Gasteiger partial charge on any atom is -0.376 e. The number of hydrogen-bond donors (Lipinski definition) is 1. The molecule has 2 rings (SSSR count). The first-order valence-corrected chi connectivity index (χ1v) is 4.96. The number of rotatable bonds is 3. The van der Waals surface area contributed by atoms with Crippen LogP contribution in [0.4, 0.5) is 0 Å². The van der Waals surface area contributed by atoms with Gasteiger partial charge in [-0.1, -0.05) is 0 Å². The fraction of sp³-hybridized carbons (Fsp3) is 0.600. The largest absolute Gasteiger partial charge is 0.376 e. The Morgan fingerprint density at radius 2 is 2.50 bits per heavy atom. The number of aromatic nitrogens is 2. The van der Waals surface area contributed by atoms with Crippen LogP contribution >= 0.6 is 0 Å². The summed E-state index contributed by atoms with van der Waals surface area (Å²) in [6.07, 6.45) is 3.71. The van der Waals surface area contributed by atoms with Crippen molar-refractivity contribution in [1.29, 1.82) is 0 Å². The Hall–Kier alpha value is -1.00. The van der Waals surface area contributed by atoms with Gasteiger partial charge >= 0.3 is 0 Å². The van der Waals surface area contributed by atoms with Gasteiger partial charge in [-0.15, -0.1) is 0 Å². The van der Waals surface area contributed by atoms with Gasteiger partial charge in [0.1, 0.15) is 5.82 Å². The summed E-state index contributed by atoms with van der Waals surface area (Å²) in [6, 6.07) is 0. The number of nitrogens with zero attached hydrogens (tertiary/aromatic N) is 2. The molecule has 76 valence electrons. The minimum atomic E-state index is 0.668. The van der Waals surface area contributed by atoms with Crippen molar-refractivity contribution >= 4 is 0 Å². The Bertz CT molecular complexity index is 314. The maximum Gasteiger partial charge on any atom is 0.129 e. The highest BCUT2D eigenvalue weighted by molar-refractivity contribution is 5.18. The van der Waals surface area contributed by atoms with Crippen LogP contribution in [0.5, 0.6) is 0 Å². The maximum atomic E-state index is 5.32. The van der Waals surface area contributed by atoms with Gasteiger partial charge in [0.15, 0.2) is 0 Å². The highest BCUT2D eigenvalue weighted by Gasteiger charge is 2.11. The zero-order valence-corrected chi connectivity index (χ0v) is 8.42. The fourth-order valence-electron chi connectivity index (χ4n) is 1.53. The molecule has 1 N–H and O–H groups in total. The monoisotopic (exact) mass is 193 g/mol. The van der Waals surface area contributed by atoms with Gasteiger partial charge in [0.2, 0.25) is 0 Å². The van der Waals surface area contributed by atoms with Crippen molar-refractivity contribution in [2.45, 2.75) is 19.4 Å². The summed E-state index contributed by atoms with van der Waals surface area (Å²) in [5.74, 6) is 0.931. The lowest BCUT2D eigenvalue weighted by Crippen LogP contribution is -2.16. The van der Waals surface area contributed by atoms with Crippen molar-refractivity contribution in [2.75, 3.05) is 20.2 Å². The topological polar surface area (TPSA) is 47.0 Å². The highest BCUT2D eigenvalue weighted by atomic mass is 16.5. The number of fused-ring (bicyclic) bond motifs is 1. The van der Waals surface area contributed by atoms with E-state index in [4.69, 9.17) is 4.74 Å². The van der Waals surface area contributed by atoms with E-state index >= 15 is 0 Å². The summed E-state index contributed by atoms with van der Waals surface area (Å²) in [5, 5.41) is 3.09. The molecular formula is C10H15N3O. The molecule has 0 spiro atoms. The van der Waals surface area contributed by atoms with E-state index in [2.05, 4.69) is 15.3 Å². The third-order valence-corrected chi connectivity index (χ3v) is 2.34. The molecule has 1 aromatic heterocycles. The van der Waals surface area contributed by atoms with E-state index < -0.39 is 0 Å². The zero-order valence-electron chi connectivity index (χ0n) is 8.42. The van der Waals surface area contributed by atoms with Crippen molar-refractivity contribution in [1.82, 2.24) is 15.3 Å². The molecule has 0 saturated heterocycles. The molecule has 2 heterocycles. The number of ether oxygens (including phenoxy) is 1. The van der Waals surface area contributed by atoms with Crippen molar-refractivity contribution in [2.24, 2.45) is 0 Å². The Kier molecular flexibility index (Phi) is 3.06. The molecule has 0 bridgehead atoms. The third kappa shape index (κ3) is 2.08. The van der Waals surface area contributed by atoms with Gasteiger partial charge in [-0.2, -0.15) is 0 Å². The van der Waals surface area contributed by atoms with Crippen molar-refractivity contribution in [3.05, 3.63) is 23.3 Å². The molecule has 14 heavy (non-hydrogen) atoms. The van der Waals surface area contributed by atoms with Gasteiger partial charge in [-0.05, 0) is 7.05 Å². The Morgan fingerprint density at radius 3 is 3.36 bits per heavy atom. The predicted molar refractivity (Wildman–Crippen MR) is 53.0 cm³/mol. The number of nitrogens with one attached hydrogen (secondary N) is 1. The standard InChI is InChI=1S/C10H15N3O/c1-11-4-2-10-12-6-8-7-14-5-3-9(8)13-10/h6,11H,2-5,7H2,1H3. The summed E-state index contributed by atoms with van der Waals surface area (Å²) in [4.78, 5) is 8.82. The second-order valence-corrected chi connectivity index (χ2v) is 3.41. The first kappa shape index (κ1) is 9.55. The van der Waals surface area contributed by atoms with Crippen LogP contribution in [-0.2, 0) is 24.2 Å². The SMILES string of the molecule is CNCCc1ncc2c(n1)CCOC2. The number of hydrogen-bond acceptors (Lipinski definition) is 4. The van der Waals surface area contributed by atoms with Crippen LogP contribution in [0.3, 0.4) is 0 Å². The Labute approximate surface area is 83.7 Å². The van der Waals surface area contributed by atoms with E-state index in [0.29, 0.717) is 6.61 Å². The quantitative estimate of drug-likeness (QED) is 0.750. The maximum absolute atomic E-state index is 5.32. The van der Waals surface area contributed by atoms with E-state index in [1.54, 1.807) is 0 Å². The lowest BCUT2D eigenvalue weighted by Gasteiger charge is -2.15. The summed E-state index contributed by atoms with van der Waals surface area (Å²) in [6.45, 7) is 2.38. The molecule has 0 radical (unpaired) electrons. The smallest absolute Gasteiger partial charge is 0.129 e. The van der Waals surface area contributed by atoms with E-state index in [1.807, 2.05) is 13.2 Å². The van der Waals surface area contributed by atoms with E-state index in [1.165, 1.54) is 0 Å². The summed E-state index contributed by atoms with van der Waals surface area (Å²) in [5.41, 5.74) is 2.31. The molecule has 1 aliphatic heterocycles. The van der Waals surface area contributed by atoms with E-state index in [-0.39, 0.29) is 0 Å². The summed E-state index contributed by atoms with van der Waals surface area (Å²) in [7, 11) is 1.94. The Balaban J connectivity index is 2.12. The molecule has 0 amide bonds. The summed E-state index contributed by atoms with van der Waals surface area (Å²) >= 11 is 0. The molecular weight excluding hydrogens is 178 g/mol. The van der Waals surface area contributed by atoms with Crippen LogP contribution in [0.2, 0.25) is 0 Å². The zero-order chi connectivity index (χ0) is 9.80. The van der Waals surface area contributed by atoms with Gasteiger partial charge in [0, 0.05) is 31.1 Å². The number of likely N-dealkylation sites (N-methyl/N-ethyl adjacent to an activating group) is 1. The summed E-state index contributed by atoms with van der Waals surface area (Å²) < 4.78 is 5.32. The predicted octanol–water partition coefficient (Wildman–Crippen LogP) is 0.311. The van der Waals surface area contributed by atoms with Crippen LogP contribution in [-0.4, -0.2) is 30.2 Å². The lowest BCUT2D eigenvalue weighted by atomic mass is 10.1. The molecule has 4 heteroatoms. The molecule has 4 nitrogen and oxygen atoms in total. The van der Waals surface area contributed by atoms with Crippen molar-refractivity contribution in [3.63, 3.8) is 0 Å². The lowest BCUT2D eigenvalue weighted by molar-refractivity contribution is 0.108. The molecule has 1 aliphatic rings. The minimum absolute atomic E-state index is 0.668. The molecule has 0 unspecified atom stereocenters. The highest BCUT2D eigenvalue weighted by Crippen LogP contribution is 2.13. The van der Waals surface area contributed by atoms with Crippen molar-refractivity contribution < 1.29 is 4.74 Å². The molecule has 0 atom stereocenters. The van der Waals surface area contributed by atoms with Gasteiger partial charge in [0.05, 0.1) is 18.9 Å². The average Bonchev–Trinajstić information content (AvgIpc) is 2.26. The van der Waals surface area contributed by atoms with Gasteiger partial charge in [-0.25, -0.2) is 9.97 Å². The third-order valence-electron chi connectivity index (χ3n) is 2.34. The Morgan fingerprint density at radius 1 is 1.57 bits per heavy atom. The van der Waals surface area contributed by atoms with E-state index in [0.717, 1.165) is 43.1 Å². The van der Waals surface area contributed by atoms with Gasteiger partial charge < -0.3 is 10.1 Å².